The number of nitrogens with one attached hydrogen (secondary N) is 1. The molecule has 5 heteroatoms. The molecule has 0 saturated heterocycles. The van der Waals surface area contributed by atoms with Gasteiger partial charge in [-0.05, 0) is 42.7 Å². The van der Waals surface area contributed by atoms with Gasteiger partial charge in [0.05, 0.1) is 0 Å². The number of nitrogens with two attached hydrogens (primary N) is 1. The highest BCUT2D eigenvalue weighted by Crippen LogP contribution is 2.04. The van der Waals surface area contributed by atoms with E-state index in [1.54, 1.807) is 18.3 Å². The molecule has 0 fully saturated rings. The van der Waals surface area contributed by atoms with Gasteiger partial charge in [-0.15, -0.1) is 12.4 Å². The van der Waals surface area contributed by atoms with Crippen LogP contribution in [0.4, 0.5) is 0 Å². The van der Waals surface area contributed by atoms with Crippen LogP contribution >= 0.6 is 12.4 Å². The second kappa shape index (κ2) is 9.10. The minimum Gasteiger partial charge on any atom is -0.352 e. The molecule has 1 heterocycles. The number of nitrogens with zero attached hydrogens (tertiary/aromatic N) is 1. The molecule has 0 atom stereocenters. The maximum Gasteiger partial charge on any atom is 0.251 e. The first kappa shape index (κ1) is 17.1. The molecular weight excluding hydrogens is 286 g/mol. The summed E-state index contributed by atoms with van der Waals surface area (Å²) in [5.74, 6) is -0.0467. The summed E-state index contributed by atoms with van der Waals surface area (Å²) in [7, 11) is 0. The number of carbonyl (C=O) groups excluding carboxylic acids is 1. The van der Waals surface area contributed by atoms with Crippen molar-refractivity contribution in [2.45, 2.75) is 19.4 Å². The molecule has 21 heavy (non-hydrogen) atoms. The quantitative estimate of drug-likeness (QED) is 0.805. The van der Waals surface area contributed by atoms with Crippen LogP contribution in [0, 0.1) is 0 Å². The fraction of sp³-hybridized carbons (Fsp3) is 0.250. The summed E-state index contributed by atoms with van der Waals surface area (Å²) in [6, 6.07) is 13.2. The third-order valence-corrected chi connectivity index (χ3v) is 3.07. The van der Waals surface area contributed by atoms with Crippen molar-refractivity contribution < 1.29 is 4.79 Å². The summed E-state index contributed by atoms with van der Waals surface area (Å²) >= 11 is 0. The van der Waals surface area contributed by atoms with E-state index in [0.717, 1.165) is 24.1 Å². The number of hydrogen-bond donors (Lipinski definition) is 2. The number of benzene rings is 1. The maximum atomic E-state index is 11.9. The summed E-state index contributed by atoms with van der Waals surface area (Å²) in [6.07, 6.45) is 3.53. The zero-order valence-corrected chi connectivity index (χ0v) is 12.6. The SMILES string of the molecule is Cl.NCc1ccc(C(=O)NCCCc2ccccn2)cc1. The zero-order valence-electron chi connectivity index (χ0n) is 11.8. The molecule has 1 aromatic heterocycles. The number of amides is 1. The van der Waals surface area contributed by atoms with E-state index in [9.17, 15) is 4.79 Å². The zero-order chi connectivity index (χ0) is 14.2. The average molecular weight is 306 g/mol. The Morgan fingerprint density at radius 2 is 1.90 bits per heavy atom. The number of aromatic nitrogens is 1. The van der Waals surface area contributed by atoms with Gasteiger partial charge >= 0.3 is 0 Å². The number of hydrogen-bond acceptors (Lipinski definition) is 3. The Kier molecular flexibility index (Phi) is 7.43. The number of pyridine rings is 1. The van der Waals surface area contributed by atoms with E-state index in [1.165, 1.54) is 0 Å². The van der Waals surface area contributed by atoms with E-state index in [1.807, 2.05) is 30.3 Å². The predicted octanol–water partition coefficient (Wildman–Crippen LogP) is 2.32. The van der Waals surface area contributed by atoms with Crippen LogP contribution in [0.3, 0.4) is 0 Å². The molecule has 0 aliphatic heterocycles. The summed E-state index contributed by atoms with van der Waals surface area (Å²) < 4.78 is 0. The minimum atomic E-state index is -0.0467. The monoisotopic (exact) mass is 305 g/mol. The van der Waals surface area contributed by atoms with E-state index < -0.39 is 0 Å². The van der Waals surface area contributed by atoms with Crippen molar-refractivity contribution in [1.29, 1.82) is 0 Å². The van der Waals surface area contributed by atoms with Crippen LogP contribution in [0.5, 0.6) is 0 Å². The standard InChI is InChI=1S/C16H19N3O.ClH/c17-12-13-6-8-14(9-7-13)16(20)19-11-3-5-15-4-1-2-10-18-15;/h1-2,4,6-10H,3,5,11-12,17H2,(H,19,20);1H. The normalized spacial score (nSPS) is 9.76. The molecule has 2 rings (SSSR count). The van der Waals surface area contributed by atoms with E-state index in [-0.39, 0.29) is 18.3 Å². The Labute approximate surface area is 131 Å². The van der Waals surface area contributed by atoms with Crippen LogP contribution < -0.4 is 11.1 Å². The lowest BCUT2D eigenvalue weighted by Gasteiger charge is -2.06. The summed E-state index contributed by atoms with van der Waals surface area (Å²) in [6.45, 7) is 1.14. The van der Waals surface area contributed by atoms with Crippen LogP contribution in [0.2, 0.25) is 0 Å². The Bertz CT molecular complexity index is 543. The van der Waals surface area contributed by atoms with Gasteiger partial charge < -0.3 is 11.1 Å². The molecule has 4 nitrogen and oxygen atoms in total. The Hall–Kier alpha value is -1.91. The Morgan fingerprint density at radius 1 is 1.14 bits per heavy atom. The average Bonchev–Trinajstić information content (AvgIpc) is 2.52. The van der Waals surface area contributed by atoms with E-state index in [2.05, 4.69) is 10.3 Å². The largest absolute Gasteiger partial charge is 0.352 e. The van der Waals surface area contributed by atoms with Gasteiger partial charge in [0.1, 0.15) is 0 Å². The molecule has 1 amide bonds. The number of halogens is 1. The van der Waals surface area contributed by atoms with E-state index in [4.69, 9.17) is 5.73 Å². The summed E-state index contributed by atoms with van der Waals surface area (Å²) in [5.41, 5.74) is 8.26. The topological polar surface area (TPSA) is 68.0 Å². The van der Waals surface area contributed by atoms with E-state index in [0.29, 0.717) is 18.7 Å². The molecule has 1 aromatic carbocycles. The lowest BCUT2D eigenvalue weighted by Crippen LogP contribution is -2.24. The molecule has 0 radical (unpaired) electrons. The van der Waals surface area contributed by atoms with Crippen molar-refractivity contribution in [1.82, 2.24) is 10.3 Å². The molecule has 0 aliphatic rings. The highest BCUT2D eigenvalue weighted by molar-refractivity contribution is 5.94. The molecule has 0 spiro atoms. The highest BCUT2D eigenvalue weighted by Gasteiger charge is 2.04. The summed E-state index contributed by atoms with van der Waals surface area (Å²) in [4.78, 5) is 16.1. The molecule has 0 aliphatic carbocycles. The number of aryl methyl sites for hydroxylation is 1. The molecule has 2 aromatic rings. The Morgan fingerprint density at radius 3 is 2.52 bits per heavy atom. The molecule has 112 valence electrons. The smallest absolute Gasteiger partial charge is 0.251 e. The number of rotatable bonds is 6. The predicted molar refractivity (Wildman–Crippen MR) is 86.5 cm³/mol. The molecular formula is C16H20ClN3O. The first-order valence-corrected chi connectivity index (χ1v) is 6.76. The maximum absolute atomic E-state index is 11.9. The third kappa shape index (κ3) is 5.53. The minimum absolute atomic E-state index is 0. The van der Waals surface area contributed by atoms with Gasteiger partial charge in [-0.2, -0.15) is 0 Å². The van der Waals surface area contributed by atoms with Gasteiger partial charge in [0.25, 0.3) is 5.91 Å². The molecule has 0 bridgehead atoms. The summed E-state index contributed by atoms with van der Waals surface area (Å²) in [5, 5.41) is 2.91. The van der Waals surface area contributed by atoms with Crippen molar-refractivity contribution in [3.8, 4) is 0 Å². The highest BCUT2D eigenvalue weighted by atomic mass is 35.5. The van der Waals surface area contributed by atoms with Crippen LogP contribution in [0.1, 0.15) is 28.0 Å². The first-order valence-electron chi connectivity index (χ1n) is 6.76. The van der Waals surface area contributed by atoms with Crippen LogP contribution in [-0.4, -0.2) is 17.4 Å². The fourth-order valence-corrected chi connectivity index (χ4v) is 1.91. The first-order chi connectivity index (χ1) is 9.79. The van der Waals surface area contributed by atoms with Gasteiger partial charge in [-0.25, -0.2) is 0 Å². The van der Waals surface area contributed by atoms with Gasteiger partial charge in [0.15, 0.2) is 0 Å². The van der Waals surface area contributed by atoms with Gasteiger partial charge in [0, 0.05) is 30.5 Å². The lowest BCUT2D eigenvalue weighted by molar-refractivity contribution is 0.0953. The second-order valence-electron chi connectivity index (χ2n) is 4.58. The van der Waals surface area contributed by atoms with Crippen LogP contribution in [-0.2, 0) is 13.0 Å². The van der Waals surface area contributed by atoms with Crippen molar-refractivity contribution in [3.63, 3.8) is 0 Å². The van der Waals surface area contributed by atoms with Gasteiger partial charge in [0.2, 0.25) is 0 Å². The van der Waals surface area contributed by atoms with Crippen molar-refractivity contribution in [3.05, 3.63) is 65.5 Å². The van der Waals surface area contributed by atoms with Crippen LogP contribution in [0.25, 0.3) is 0 Å². The molecule has 0 unspecified atom stereocenters. The van der Waals surface area contributed by atoms with Gasteiger partial charge in [-0.3, -0.25) is 9.78 Å². The lowest BCUT2D eigenvalue weighted by atomic mass is 10.1. The van der Waals surface area contributed by atoms with Crippen LogP contribution in [0.15, 0.2) is 48.7 Å². The molecule has 3 N–H and O–H groups in total. The van der Waals surface area contributed by atoms with Crippen molar-refractivity contribution >= 4 is 18.3 Å². The molecule has 0 saturated carbocycles. The number of carbonyl (C=O) groups is 1. The van der Waals surface area contributed by atoms with Crippen molar-refractivity contribution in [2.24, 2.45) is 5.73 Å². The van der Waals surface area contributed by atoms with Crippen molar-refractivity contribution in [2.75, 3.05) is 6.54 Å². The Balaban J connectivity index is 0.00000220. The third-order valence-electron chi connectivity index (χ3n) is 3.07. The fourth-order valence-electron chi connectivity index (χ4n) is 1.91. The second-order valence-corrected chi connectivity index (χ2v) is 4.58. The van der Waals surface area contributed by atoms with Gasteiger partial charge in [-0.1, -0.05) is 18.2 Å². The van der Waals surface area contributed by atoms with E-state index >= 15 is 0 Å².